The Kier molecular flexibility index (Phi) is 5.75. The maximum absolute atomic E-state index is 5.90. The molecule has 0 spiro atoms. The predicted molar refractivity (Wildman–Crippen MR) is 69.2 cm³/mol. The Morgan fingerprint density at radius 1 is 1.18 bits per heavy atom. The Hall–Kier alpha value is -0.120. The van der Waals surface area contributed by atoms with E-state index >= 15 is 0 Å². The van der Waals surface area contributed by atoms with Crippen molar-refractivity contribution in [2.75, 3.05) is 32.9 Å². The van der Waals surface area contributed by atoms with Crippen LogP contribution in [0.3, 0.4) is 0 Å². The first-order valence-corrected chi connectivity index (χ1v) is 7.24. The monoisotopic (exact) mass is 241 g/mol. The Morgan fingerprint density at radius 2 is 2.00 bits per heavy atom. The van der Waals surface area contributed by atoms with Crippen LogP contribution in [0.4, 0.5) is 0 Å². The molecule has 17 heavy (non-hydrogen) atoms. The third-order valence-electron chi connectivity index (χ3n) is 4.05. The van der Waals surface area contributed by atoms with Crippen molar-refractivity contribution in [3.63, 3.8) is 0 Å². The molecule has 1 aliphatic heterocycles. The molecule has 100 valence electrons. The van der Waals surface area contributed by atoms with Gasteiger partial charge in [-0.25, -0.2) is 0 Å². The zero-order valence-electron chi connectivity index (χ0n) is 11.1. The molecular formula is C14H27NO2. The molecule has 2 fully saturated rings. The van der Waals surface area contributed by atoms with Crippen molar-refractivity contribution >= 4 is 0 Å². The van der Waals surface area contributed by atoms with E-state index in [-0.39, 0.29) is 0 Å². The van der Waals surface area contributed by atoms with Crippen LogP contribution < -0.4 is 5.32 Å². The molecule has 0 aromatic rings. The number of rotatable bonds is 6. The molecule has 0 aromatic carbocycles. The van der Waals surface area contributed by atoms with Gasteiger partial charge in [0.05, 0.1) is 19.3 Å². The van der Waals surface area contributed by atoms with Gasteiger partial charge in [-0.15, -0.1) is 0 Å². The molecule has 0 radical (unpaired) electrons. The summed E-state index contributed by atoms with van der Waals surface area (Å²) in [4.78, 5) is 0. The highest BCUT2D eigenvalue weighted by Crippen LogP contribution is 2.25. The summed E-state index contributed by atoms with van der Waals surface area (Å²) in [5.41, 5.74) is 0. The van der Waals surface area contributed by atoms with Crippen LogP contribution in [0, 0.1) is 11.8 Å². The van der Waals surface area contributed by atoms with Gasteiger partial charge in [0.1, 0.15) is 0 Å². The molecule has 0 amide bonds. The molecule has 3 heteroatoms. The highest BCUT2D eigenvalue weighted by Gasteiger charge is 2.18. The van der Waals surface area contributed by atoms with Gasteiger partial charge in [-0.2, -0.15) is 0 Å². The van der Waals surface area contributed by atoms with E-state index in [4.69, 9.17) is 9.47 Å². The van der Waals surface area contributed by atoms with Crippen molar-refractivity contribution in [3.8, 4) is 0 Å². The van der Waals surface area contributed by atoms with Crippen LogP contribution in [-0.4, -0.2) is 39.0 Å². The minimum Gasteiger partial charge on any atom is -0.381 e. The molecule has 0 bridgehead atoms. The molecule has 1 saturated heterocycles. The summed E-state index contributed by atoms with van der Waals surface area (Å²) in [5, 5.41) is 3.47. The van der Waals surface area contributed by atoms with E-state index in [0.717, 1.165) is 44.7 Å². The molecule has 0 aromatic heterocycles. The van der Waals surface area contributed by atoms with Gasteiger partial charge in [-0.1, -0.05) is 6.92 Å². The zero-order valence-corrected chi connectivity index (χ0v) is 11.1. The zero-order chi connectivity index (χ0) is 11.9. The van der Waals surface area contributed by atoms with Gasteiger partial charge >= 0.3 is 0 Å². The normalized spacial score (nSPS) is 34.1. The largest absolute Gasteiger partial charge is 0.381 e. The second-order valence-electron chi connectivity index (χ2n) is 5.69. The molecule has 1 aliphatic carbocycles. The molecule has 1 saturated carbocycles. The van der Waals surface area contributed by atoms with Crippen LogP contribution in [-0.2, 0) is 9.47 Å². The Bertz CT molecular complexity index is 196. The molecule has 1 atom stereocenters. The maximum Gasteiger partial charge on any atom is 0.0594 e. The fraction of sp³-hybridized carbons (Fsp3) is 1.00. The van der Waals surface area contributed by atoms with E-state index in [1.165, 1.54) is 32.1 Å². The average molecular weight is 241 g/mol. The first kappa shape index (κ1) is 13.3. The lowest BCUT2D eigenvalue weighted by Crippen LogP contribution is -2.29. The van der Waals surface area contributed by atoms with Crippen molar-refractivity contribution in [1.82, 2.24) is 5.32 Å². The fourth-order valence-electron chi connectivity index (χ4n) is 2.74. The summed E-state index contributed by atoms with van der Waals surface area (Å²) in [7, 11) is 0. The van der Waals surface area contributed by atoms with Gasteiger partial charge in [-0.3, -0.25) is 0 Å². The Labute approximate surface area is 105 Å². The van der Waals surface area contributed by atoms with Gasteiger partial charge in [0.2, 0.25) is 0 Å². The summed E-state index contributed by atoms with van der Waals surface area (Å²) in [6.45, 7) is 7.18. The number of hydrogen-bond donors (Lipinski definition) is 1. The van der Waals surface area contributed by atoms with Crippen LogP contribution in [0.5, 0.6) is 0 Å². The van der Waals surface area contributed by atoms with Crippen molar-refractivity contribution in [2.45, 2.75) is 45.1 Å². The smallest absolute Gasteiger partial charge is 0.0594 e. The van der Waals surface area contributed by atoms with Gasteiger partial charge in [0, 0.05) is 19.7 Å². The fourth-order valence-corrected chi connectivity index (χ4v) is 2.74. The minimum atomic E-state index is 0.530. The second-order valence-corrected chi connectivity index (χ2v) is 5.69. The van der Waals surface area contributed by atoms with E-state index in [1.54, 1.807) is 0 Å². The number of ether oxygens (including phenoxy) is 2. The standard InChI is InChI=1S/C14H27NO2/c1-12-2-4-14(5-3-12)17-9-7-15-10-13-6-8-16-11-13/h12-15H,2-11H2,1H3. The van der Waals surface area contributed by atoms with Crippen LogP contribution in [0.1, 0.15) is 39.0 Å². The lowest BCUT2D eigenvalue weighted by Gasteiger charge is -2.26. The summed E-state index contributed by atoms with van der Waals surface area (Å²) in [6, 6.07) is 0. The van der Waals surface area contributed by atoms with Gasteiger partial charge < -0.3 is 14.8 Å². The molecule has 2 rings (SSSR count). The number of hydrogen-bond acceptors (Lipinski definition) is 3. The van der Waals surface area contributed by atoms with Crippen molar-refractivity contribution < 1.29 is 9.47 Å². The van der Waals surface area contributed by atoms with E-state index in [9.17, 15) is 0 Å². The van der Waals surface area contributed by atoms with Crippen LogP contribution >= 0.6 is 0 Å². The topological polar surface area (TPSA) is 30.5 Å². The van der Waals surface area contributed by atoms with Crippen LogP contribution in [0.2, 0.25) is 0 Å². The van der Waals surface area contributed by atoms with Gasteiger partial charge in [0.25, 0.3) is 0 Å². The SMILES string of the molecule is CC1CCC(OCCNCC2CCOC2)CC1. The lowest BCUT2D eigenvalue weighted by atomic mass is 9.89. The average Bonchev–Trinajstić information content (AvgIpc) is 2.84. The first-order chi connectivity index (χ1) is 8.34. The lowest BCUT2D eigenvalue weighted by molar-refractivity contribution is 0.0214. The minimum absolute atomic E-state index is 0.530. The Balaban J connectivity index is 1.43. The Morgan fingerprint density at radius 3 is 2.71 bits per heavy atom. The first-order valence-electron chi connectivity index (χ1n) is 7.24. The second kappa shape index (κ2) is 7.34. The molecule has 1 N–H and O–H groups in total. The highest BCUT2D eigenvalue weighted by atomic mass is 16.5. The van der Waals surface area contributed by atoms with Gasteiger partial charge in [-0.05, 0) is 43.9 Å². The molecule has 3 nitrogen and oxygen atoms in total. The number of nitrogens with one attached hydrogen (secondary N) is 1. The molecular weight excluding hydrogens is 214 g/mol. The maximum atomic E-state index is 5.90. The van der Waals surface area contributed by atoms with Crippen molar-refractivity contribution in [3.05, 3.63) is 0 Å². The summed E-state index contributed by atoms with van der Waals surface area (Å²) >= 11 is 0. The van der Waals surface area contributed by atoms with Crippen LogP contribution in [0.15, 0.2) is 0 Å². The quantitative estimate of drug-likeness (QED) is 0.723. The highest BCUT2D eigenvalue weighted by molar-refractivity contribution is 4.70. The van der Waals surface area contributed by atoms with Crippen molar-refractivity contribution in [1.29, 1.82) is 0 Å². The van der Waals surface area contributed by atoms with E-state index in [2.05, 4.69) is 12.2 Å². The predicted octanol–water partition coefficient (Wildman–Crippen LogP) is 2.21. The van der Waals surface area contributed by atoms with Crippen LogP contribution in [0.25, 0.3) is 0 Å². The summed E-state index contributed by atoms with van der Waals surface area (Å²) < 4.78 is 11.3. The van der Waals surface area contributed by atoms with E-state index in [0.29, 0.717) is 6.10 Å². The molecule has 1 heterocycles. The molecule has 1 unspecified atom stereocenters. The summed E-state index contributed by atoms with van der Waals surface area (Å²) in [5.74, 6) is 1.64. The van der Waals surface area contributed by atoms with E-state index < -0.39 is 0 Å². The third kappa shape index (κ3) is 4.94. The molecule has 2 aliphatic rings. The third-order valence-corrected chi connectivity index (χ3v) is 4.05. The van der Waals surface area contributed by atoms with Gasteiger partial charge in [0.15, 0.2) is 0 Å². The summed E-state index contributed by atoms with van der Waals surface area (Å²) in [6.07, 6.45) is 6.96. The van der Waals surface area contributed by atoms with E-state index in [1.807, 2.05) is 0 Å². The van der Waals surface area contributed by atoms with Crippen molar-refractivity contribution in [2.24, 2.45) is 11.8 Å².